The van der Waals surface area contributed by atoms with Crippen LogP contribution in [0, 0.1) is 6.92 Å². The lowest BCUT2D eigenvalue weighted by atomic mass is 9.87. The van der Waals surface area contributed by atoms with E-state index in [2.05, 4.69) is 28.6 Å². The Hall–Kier alpha value is -1.13. The first kappa shape index (κ1) is 14.3. The van der Waals surface area contributed by atoms with Gasteiger partial charge in [-0.25, -0.2) is 0 Å². The SMILES string of the molecule is C=CC(=O)N(Cc1cc(C)ccc1Br)C1CC(O)C1. The molecule has 1 saturated carbocycles. The van der Waals surface area contributed by atoms with E-state index in [0.29, 0.717) is 19.4 Å². The highest BCUT2D eigenvalue weighted by Gasteiger charge is 2.34. The number of carbonyl (C=O) groups excluding carboxylic acids is 1. The first-order valence-electron chi connectivity index (χ1n) is 6.37. The molecule has 0 aliphatic heterocycles. The Balaban J connectivity index is 2.17. The average molecular weight is 324 g/mol. The van der Waals surface area contributed by atoms with Crippen LogP contribution in [0.2, 0.25) is 0 Å². The molecule has 0 unspecified atom stereocenters. The van der Waals surface area contributed by atoms with Crippen molar-refractivity contribution in [2.75, 3.05) is 0 Å². The molecule has 1 N–H and O–H groups in total. The Bertz CT molecular complexity index is 495. The second-order valence-electron chi connectivity index (χ2n) is 5.04. The van der Waals surface area contributed by atoms with Crippen LogP contribution in [-0.4, -0.2) is 28.1 Å². The van der Waals surface area contributed by atoms with Crippen LogP contribution in [0.1, 0.15) is 24.0 Å². The third-order valence-corrected chi connectivity index (χ3v) is 4.30. The normalized spacial score (nSPS) is 21.6. The maximum absolute atomic E-state index is 12.0. The van der Waals surface area contributed by atoms with Crippen LogP contribution in [0.3, 0.4) is 0 Å². The molecule has 3 nitrogen and oxygen atoms in total. The molecule has 1 aromatic rings. The number of aliphatic hydroxyl groups excluding tert-OH is 1. The number of amides is 1. The van der Waals surface area contributed by atoms with Gasteiger partial charge in [0.05, 0.1) is 6.10 Å². The van der Waals surface area contributed by atoms with Gasteiger partial charge in [0.15, 0.2) is 0 Å². The summed E-state index contributed by atoms with van der Waals surface area (Å²) >= 11 is 3.52. The van der Waals surface area contributed by atoms with Gasteiger partial charge in [0.25, 0.3) is 0 Å². The smallest absolute Gasteiger partial charge is 0.246 e. The molecule has 0 spiro atoms. The fourth-order valence-electron chi connectivity index (χ4n) is 2.33. The molecule has 1 aliphatic carbocycles. The van der Waals surface area contributed by atoms with Crippen LogP contribution < -0.4 is 0 Å². The lowest BCUT2D eigenvalue weighted by Crippen LogP contribution is -2.49. The number of hydrogen-bond donors (Lipinski definition) is 1. The van der Waals surface area contributed by atoms with E-state index in [-0.39, 0.29) is 18.1 Å². The zero-order chi connectivity index (χ0) is 14.0. The maximum atomic E-state index is 12.0. The second-order valence-corrected chi connectivity index (χ2v) is 5.90. The van der Waals surface area contributed by atoms with Gasteiger partial charge < -0.3 is 10.0 Å². The lowest BCUT2D eigenvalue weighted by molar-refractivity contribution is -0.133. The third kappa shape index (κ3) is 3.25. The lowest BCUT2D eigenvalue weighted by Gasteiger charge is -2.40. The Morgan fingerprint density at radius 1 is 1.58 bits per heavy atom. The number of hydrogen-bond acceptors (Lipinski definition) is 2. The molecule has 0 bridgehead atoms. The summed E-state index contributed by atoms with van der Waals surface area (Å²) in [6, 6.07) is 6.22. The van der Waals surface area contributed by atoms with Crippen LogP contribution >= 0.6 is 15.9 Å². The Labute approximate surface area is 122 Å². The molecular weight excluding hydrogens is 306 g/mol. The zero-order valence-electron chi connectivity index (χ0n) is 11.0. The molecule has 0 radical (unpaired) electrons. The number of benzene rings is 1. The van der Waals surface area contributed by atoms with Gasteiger partial charge in [-0.3, -0.25) is 4.79 Å². The van der Waals surface area contributed by atoms with Gasteiger partial charge in [-0.1, -0.05) is 40.2 Å². The predicted octanol–water partition coefficient (Wildman–Crippen LogP) is 2.80. The fraction of sp³-hybridized carbons (Fsp3) is 0.400. The predicted molar refractivity (Wildman–Crippen MR) is 78.7 cm³/mol. The van der Waals surface area contributed by atoms with Crippen molar-refractivity contribution < 1.29 is 9.90 Å². The summed E-state index contributed by atoms with van der Waals surface area (Å²) in [7, 11) is 0. The van der Waals surface area contributed by atoms with Crippen molar-refractivity contribution in [3.05, 3.63) is 46.5 Å². The molecule has 0 saturated heterocycles. The molecule has 1 aliphatic rings. The van der Waals surface area contributed by atoms with E-state index in [0.717, 1.165) is 15.6 Å². The van der Waals surface area contributed by atoms with Crippen molar-refractivity contribution in [2.45, 2.75) is 38.5 Å². The monoisotopic (exact) mass is 323 g/mol. The van der Waals surface area contributed by atoms with Crippen LogP contribution in [0.5, 0.6) is 0 Å². The van der Waals surface area contributed by atoms with Crippen molar-refractivity contribution in [1.82, 2.24) is 4.90 Å². The molecule has 0 aromatic heterocycles. The molecular formula is C15H18BrNO2. The maximum Gasteiger partial charge on any atom is 0.246 e. The molecule has 4 heteroatoms. The quantitative estimate of drug-likeness (QED) is 0.865. The van der Waals surface area contributed by atoms with Crippen LogP contribution in [0.25, 0.3) is 0 Å². The van der Waals surface area contributed by atoms with Crippen molar-refractivity contribution in [3.63, 3.8) is 0 Å². The summed E-state index contributed by atoms with van der Waals surface area (Å²) in [4.78, 5) is 13.8. The number of aryl methyl sites for hydroxylation is 1. The van der Waals surface area contributed by atoms with Gasteiger partial charge >= 0.3 is 0 Å². The first-order chi connectivity index (χ1) is 9.01. The Morgan fingerprint density at radius 2 is 2.26 bits per heavy atom. The summed E-state index contributed by atoms with van der Waals surface area (Å²) in [5.41, 5.74) is 2.24. The van der Waals surface area contributed by atoms with E-state index in [1.807, 2.05) is 19.1 Å². The topological polar surface area (TPSA) is 40.5 Å². The molecule has 102 valence electrons. The van der Waals surface area contributed by atoms with Crippen molar-refractivity contribution in [1.29, 1.82) is 0 Å². The van der Waals surface area contributed by atoms with Crippen molar-refractivity contribution >= 4 is 21.8 Å². The van der Waals surface area contributed by atoms with Gasteiger partial charge in [-0.2, -0.15) is 0 Å². The highest BCUT2D eigenvalue weighted by Crippen LogP contribution is 2.29. The largest absolute Gasteiger partial charge is 0.393 e. The minimum Gasteiger partial charge on any atom is -0.393 e. The highest BCUT2D eigenvalue weighted by molar-refractivity contribution is 9.10. The van der Waals surface area contributed by atoms with E-state index in [1.165, 1.54) is 6.08 Å². The summed E-state index contributed by atoms with van der Waals surface area (Å²) in [6.07, 6.45) is 2.38. The van der Waals surface area contributed by atoms with E-state index in [1.54, 1.807) is 4.90 Å². The van der Waals surface area contributed by atoms with Crippen molar-refractivity contribution in [3.8, 4) is 0 Å². The molecule has 1 aromatic carbocycles. The molecule has 1 amide bonds. The molecule has 0 heterocycles. The Morgan fingerprint density at radius 3 is 2.84 bits per heavy atom. The van der Waals surface area contributed by atoms with Gasteiger partial charge in [0, 0.05) is 17.1 Å². The van der Waals surface area contributed by atoms with Gasteiger partial charge in [0.2, 0.25) is 5.91 Å². The number of nitrogens with zero attached hydrogens (tertiary/aromatic N) is 1. The van der Waals surface area contributed by atoms with E-state index in [9.17, 15) is 9.90 Å². The van der Waals surface area contributed by atoms with Crippen LogP contribution in [0.4, 0.5) is 0 Å². The minimum atomic E-state index is -0.272. The molecule has 1 fully saturated rings. The first-order valence-corrected chi connectivity index (χ1v) is 7.16. The molecule has 19 heavy (non-hydrogen) atoms. The summed E-state index contributed by atoms with van der Waals surface area (Å²) in [5, 5.41) is 9.41. The summed E-state index contributed by atoms with van der Waals surface area (Å²) in [6.45, 7) is 6.13. The number of aliphatic hydroxyl groups is 1. The average Bonchev–Trinajstić information content (AvgIpc) is 2.35. The zero-order valence-corrected chi connectivity index (χ0v) is 12.6. The van der Waals surface area contributed by atoms with E-state index < -0.39 is 0 Å². The standard InChI is InChI=1S/C15H18BrNO2/c1-3-15(19)17(12-7-13(18)8-12)9-11-6-10(2)4-5-14(11)16/h3-6,12-13,18H,1,7-9H2,2H3. The Kier molecular flexibility index (Phi) is 4.42. The minimum absolute atomic E-state index is 0.0784. The van der Waals surface area contributed by atoms with E-state index in [4.69, 9.17) is 0 Å². The highest BCUT2D eigenvalue weighted by atomic mass is 79.9. The van der Waals surface area contributed by atoms with Gasteiger partial charge in [-0.15, -0.1) is 0 Å². The van der Waals surface area contributed by atoms with E-state index >= 15 is 0 Å². The summed E-state index contributed by atoms with van der Waals surface area (Å²) in [5.74, 6) is -0.0784. The number of carbonyl (C=O) groups is 1. The van der Waals surface area contributed by atoms with Crippen LogP contribution in [-0.2, 0) is 11.3 Å². The fourth-order valence-corrected chi connectivity index (χ4v) is 2.70. The van der Waals surface area contributed by atoms with Crippen LogP contribution in [0.15, 0.2) is 35.3 Å². The van der Waals surface area contributed by atoms with Gasteiger partial charge in [-0.05, 0) is 37.5 Å². The molecule has 2 rings (SSSR count). The van der Waals surface area contributed by atoms with Gasteiger partial charge in [0.1, 0.15) is 0 Å². The number of halogens is 1. The third-order valence-electron chi connectivity index (χ3n) is 3.53. The van der Waals surface area contributed by atoms with Crippen molar-refractivity contribution in [2.24, 2.45) is 0 Å². The number of rotatable bonds is 4. The second kappa shape index (κ2) is 5.88. The molecule has 0 atom stereocenters. The summed E-state index contributed by atoms with van der Waals surface area (Å²) < 4.78 is 1.000.